The quantitative estimate of drug-likeness (QED) is 0.794. The van der Waals surface area contributed by atoms with Gasteiger partial charge in [0, 0.05) is 25.3 Å². The molecule has 2 rings (SSSR count). The van der Waals surface area contributed by atoms with Crippen LogP contribution in [0.3, 0.4) is 0 Å². The van der Waals surface area contributed by atoms with E-state index in [1.54, 1.807) is 0 Å². The third-order valence-corrected chi connectivity index (χ3v) is 3.68. The fourth-order valence-electron chi connectivity index (χ4n) is 2.45. The predicted molar refractivity (Wildman–Crippen MR) is 87.6 cm³/mol. The maximum Gasteiger partial charge on any atom is 0.220 e. The van der Waals surface area contributed by atoms with E-state index in [-0.39, 0.29) is 24.4 Å². The molecule has 1 unspecified atom stereocenters. The summed E-state index contributed by atoms with van der Waals surface area (Å²) in [6.07, 6.45) is 6.00. The molecule has 0 spiro atoms. The van der Waals surface area contributed by atoms with Crippen LogP contribution < -0.4 is 11.1 Å². The zero-order valence-electron chi connectivity index (χ0n) is 12.3. The van der Waals surface area contributed by atoms with Gasteiger partial charge in [0.25, 0.3) is 0 Å². The van der Waals surface area contributed by atoms with Crippen molar-refractivity contribution in [2.24, 2.45) is 0 Å². The van der Waals surface area contributed by atoms with Crippen molar-refractivity contribution in [3.05, 3.63) is 29.8 Å². The molecule has 0 saturated carbocycles. The second kappa shape index (κ2) is 9.64. The molecule has 1 fully saturated rings. The number of halogens is 1. The normalized spacial score (nSPS) is 17.8. The van der Waals surface area contributed by atoms with Crippen LogP contribution >= 0.6 is 12.4 Å². The van der Waals surface area contributed by atoms with Crippen molar-refractivity contribution in [1.82, 2.24) is 5.32 Å². The first kappa shape index (κ1) is 17.8. The number of carbonyl (C=O) groups is 1. The number of nitrogens with two attached hydrogens (primary N) is 1. The van der Waals surface area contributed by atoms with Gasteiger partial charge in [-0.3, -0.25) is 4.79 Å². The maximum absolute atomic E-state index is 11.7. The van der Waals surface area contributed by atoms with E-state index in [0.717, 1.165) is 38.0 Å². The van der Waals surface area contributed by atoms with E-state index in [1.807, 2.05) is 24.3 Å². The Balaban J connectivity index is 0.00000220. The summed E-state index contributed by atoms with van der Waals surface area (Å²) in [5.41, 5.74) is 7.59. The van der Waals surface area contributed by atoms with Crippen LogP contribution in [0.1, 0.15) is 37.7 Å². The topological polar surface area (TPSA) is 64.3 Å². The third-order valence-electron chi connectivity index (χ3n) is 3.68. The molecule has 0 aromatic heterocycles. The van der Waals surface area contributed by atoms with Crippen LogP contribution in [0, 0.1) is 0 Å². The summed E-state index contributed by atoms with van der Waals surface area (Å²) in [4.78, 5) is 11.7. The van der Waals surface area contributed by atoms with Gasteiger partial charge in [0.15, 0.2) is 0 Å². The van der Waals surface area contributed by atoms with Gasteiger partial charge >= 0.3 is 0 Å². The standard InChI is InChI=1S/C16H24N2O2.ClH/c17-14-6-4-13(5-7-14)10-11-18-16(19)9-8-15-3-1-2-12-20-15;/h4-7,15H,1-3,8-12,17H2,(H,18,19);1H. The molecule has 21 heavy (non-hydrogen) atoms. The number of hydrogen-bond acceptors (Lipinski definition) is 3. The molecule has 1 heterocycles. The lowest BCUT2D eigenvalue weighted by Gasteiger charge is -2.22. The minimum absolute atomic E-state index is 0. The van der Waals surface area contributed by atoms with E-state index in [2.05, 4.69) is 5.32 Å². The Morgan fingerprint density at radius 3 is 2.71 bits per heavy atom. The van der Waals surface area contributed by atoms with Crippen LogP contribution in [-0.2, 0) is 16.0 Å². The zero-order valence-corrected chi connectivity index (χ0v) is 13.2. The van der Waals surface area contributed by atoms with Gasteiger partial charge in [-0.2, -0.15) is 0 Å². The highest BCUT2D eigenvalue weighted by Gasteiger charge is 2.14. The molecule has 1 aliphatic heterocycles. The minimum Gasteiger partial charge on any atom is -0.399 e. The Morgan fingerprint density at radius 2 is 2.05 bits per heavy atom. The highest BCUT2D eigenvalue weighted by atomic mass is 35.5. The molecule has 1 amide bonds. The first-order chi connectivity index (χ1) is 9.74. The minimum atomic E-state index is 0. The third kappa shape index (κ3) is 6.82. The fraction of sp³-hybridized carbons (Fsp3) is 0.562. The van der Waals surface area contributed by atoms with E-state index in [1.165, 1.54) is 12.0 Å². The molecule has 118 valence electrons. The smallest absolute Gasteiger partial charge is 0.220 e. The largest absolute Gasteiger partial charge is 0.399 e. The highest BCUT2D eigenvalue weighted by Crippen LogP contribution is 2.16. The molecule has 1 aromatic carbocycles. The molecule has 5 heteroatoms. The lowest BCUT2D eigenvalue weighted by atomic mass is 10.0. The monoisotopic (exact) mass is 312 g/mol. The first-order valence-corrected chi connectivity index (χ1v) is 7.47. The van der Waals surface area contributed by atoms with Gasteiger partial charge in [0.05, 0.1) is 6.10 Å². The fourth-order valence-corrected chi connectivity index (χ4v) is 2.45. The Morgan fingerprint density at radius 1 is 1.29 bits per heavy atom. The van der Waals surface area contributed by atoms with Gasteiger partial charge in [-0.25, -0.2) is 0 Å². The van der Waals surface area contributed by atoms with E-state index < -0.39 is 0 Å². The van der Waals surface area contributed by atoms with Gasteiger partial charge in [-0.15, -0.1) is 12.4 Å². The Kier molecular flexibility index (Phi) is 8.16. The maximum atomic E-state index is 11.7. The molecule has 0 bridgehead atoms. The van der Waals surface area contributed by atoms with E-state index in [0.29, 0.717) is 13.0 Å². The number of carbonyl (C=O) groups excluding carboxylic acids is 1. The number of rotatable bonds is 6. The van der Waals surface area contributed by atoms with Crippen LogP contribution in [-0.4, -0.2) is 25.2 Å². The van der Waals surface area contributed by atoms with Gasteiger partial charge in [-0.1, -0.05) is 12.1 Å². The number of nitrogens with one attached hydrogen (secondary N) is 1. The molecule has 3 N–H and O–H groups in total. The average molecular weight is 313 g/mol. The zero-order chi connectivity index (χ0) is 14.2. The van der Waals surface area contributed by atoms with Crippen molar-refractivity contribution < 1.29 is 9.53 Å². The van der Waals surface area contributed by atoms with Crippen molar-refractivity contribution in [3.63, 3.8) is 0 Å². The second-order valence-electron chi connectivity index (χ2n) is 5.37. The summed E-state index contributed by atoms with van der Waals surface area (Å²) in [7, 11) is 0. The SMILES string of the molecule is Cl.Nc1ccc(CCNC(=O)CCC2CCCCO2)cc1. The number of hydrogen-bond donors (Lipinski definition) is 2. The molecule has 0 radical (unpaired) electrons. The average Bonchev–Trinajstić information content (AvgIpc) is 2.48. The van der Waals surface area contributed by atoms with Crippen LogP contribution in [0.2, 0.25) is 0 Å². The molecule has 4 nitrogen and oxygen atoms in total. The Bertz CT molecular complexity index is 417. The second-order valence-corrected chi connectivity index (χ2v) is 5.37. The van der Waals surface area contributed by atoms with Gasteiger partial charge in [0.1, 0.15) is 0 Å². The molecule has 1 aromatic rings. The van der Waals surface area contributed by atoms with Crippen molar-refractivity contribution >= 4 is 24.0 Å². The molecule has 1 saturated heterocycles. The number of ether oxygens (including phenoxy) is 1. The van der Waals surface area contributed by atoms with Gasteiger partial charge in [-0.05, 0) is 49.8 Å². The summed E-state index contributed by atoms with van der Waals surface area (Å²) in [5, 5.41) is 2.96. The van der Waals surface area contributed by atoms with Crippen molar-refractivity contribution in [2.75, 3.05) is 18.9 Å². The van der Waals surface area contributed by atoms with Crippen LogP contribution in [0.4, 0.5) is 5.69 Å². The van der Waals surface area contributed by atoms with Crippen LogP contribution in [0.15, 0.2) is 24.3 Å². The van der Waals surface area contributed by atoms with Crippen molar-refractivity contribution in [2.45, 2.75) is 44.6 Å². The Hall–Kier alpha value is -1.26. The summed E-state index contributed by atoms with van der Waals surface area (Å²) in [5.74, 6) is 0.120. The first-order valence-electron chi connectivity index (χ1n) is 7.47. The predicted octanol–water partition coefficient (Wildman–Crippen LogP) is 2.70. The number of nitrogen functional groups attached to an aromatic ring is 1. The highest BCUT2D eigenvalue weighted by molar-refractivity contribution is 5.85. The molecule has 1 atom stereocenters. The van der Waals surface area contributed by atoms with Crippen LogP contribution in [0.25, 0.3) is 0 Å². The number of amides is 1. The molecular weight excluding hydrogens is 288 g/mol. The Labute approximate surface area is 132 Å². The van der Waals surface area contributed by atoms with Crippen molar-refractivity contribution in [3.8, 4) is 0 Å². The van der Waals surface area contributed by atoms with E-state index in [9.17, 15) is 4.79 Å². The van der Waals surface area contributed by atoms with Gasteiger partial charge < -0.3 is 15.8 Å². The number of anilines is 1. The molecular formula is C16H25ClN2O2. The lowest BCUT2D eigenvalue weighted by molar-refractivity contribution is -0.122. The molecule has 0 aliphatic carbocycles. The van der Waals surface area contributed by atoms with E-state index >= 15 is 0 Å². The van der Waals surface area contributed by atoms with Crippen molar-refractivity contribution in [1.29, 1.82) is 0 Å². The lowest BCUT2D eigenvalue weighted by Crippen LogP contribution is -2.27. The summed E-state index contributed by atoms with van der Waals surface area (Å²) < 4.78 is 5.62. The van der Waals surface area contributed by atoms with Crippen LogP contribution in [0.5, 0.6) is 0 Å². The van der Waals surface area contributed by atoms with Gasteiger partial charge in [0.2, 0.25) is 5.91 Å². The van der Waals surface area contributed by atoms with E-state index in [4.69, 9.17) is 10.5 Å². The molecule has 1 aliphatic rings. The summed E-state index contributed by atoms with van der Waals surface area (Å²) in [6, 6.07) is 7.77. The summed E-state index contributed by atoms with van der Waals surface area (Å²) >= 11 is 0. The summed E-state index contributed by atoms with van der Waals surface area (Å²) in [6.45, 7) is 1.53. The number of benzene rings is 1.